The fourth-order valence-electron chi connectivity index (χ4n) is 4.30. The van der Waals surface area contributed by atoms with Gasteiger partial charge >= 0.3 is 0 Å². The number of hydrogen-bond acceptors (Lipinski definition) is 5. The summed E-state index contributed by atoms with van der Waals surface area (Å²) in [5.41, 5.74) is 0.393. The number of benzene rings is 2. The minimum atomic E-state index is -1.16. The van der Waals surface area contributed by atoms with Crippen LogP contribution in [0.25, 0.3) is 0 Å². The quantitative estimate of drug-likeness (QED) is 0.481. The van der Waals surface area contributed by atoms with Gasteiger partial charge in [-0.3, -0.25) is 14.4 Å². The minimum absolute atomic E-state index is 0.00164. The van der Waals surface area contributed by atoms with Gasteiger partial charge in [0.25, 0.3) is 11.8 Å². The molecule has 0 radical (unpaired) electrons. The second kappa shape index (κ2) is 10.4. The van der Waals surface area contributed by atoms with E-state index >= 15 is 0 Å². The molecule has 0 spiro atoms. The standard InChI is InChI=1S/C26H28ClN5O4/c1-4-12-32-24(34)22-21(23(33)30-19-7-5-6-18(27)13-19)29-16-31(22)15-26(32,2)25(35)28-14-17-8-10-20(36-3)11-9-17/h5-11,13,16H,4,12,14-15H2,1-3H3,(H,28,35)(H,30,33)/t26-/m1/s1. The summed E-state index contributed by atoms with van der Waals surface area (Å²) < 4.78 is 6.75. The van der Waals surface area contributed by atoms with E-state index in [0.29, 0.717) is 30.2 Å². The number of carbonyl (C=O) groups excluding carboxylic acids is 3. The molecule has 0 saturated carbocycles. The molecule has 4 rings (SSSR count). The van der Waals surface area contributed by atoms with Gasteiger partial charge in [0, 0.05) is 23.8 Å². The number of nitrogens with zero attached hydrogens (tertiary/aromatic N) is 3. The highest BCUT2D eigenvalue weighted by atomic mass is 35.5. The van der Waals surface area contributed by atoms with Crippen molar-refractivity contribution < 1.29 is 19.1 Å². The molecule has 188 valence electrons. The SMILES string of the molecule is CCCN1C(=O)c2c(C(=O)Nc3cccc(Cl)c3)ncn2C[C@]1(C)C(=O)NCc1ccc(OC)cc1. The number of imidazole rings is 1. The van der Waals surface area contributed by atoms with Gasteiger partial charge in [0.1, 0.15) is 17.0 Å². The van der Waals surface area contributed by atoms with Crippen molar-refractivity contribution in [3.05, 3.63) is 76.8 Å². The molecular weight excluding hydrogens is 482 g/mol. The number of amides is 3. The Balaban J connectivity index is 1.57. The number of methoxy groups -OCH3 is 1. The molecule has 3 aromatic rings. The molecule has 1 aliphatic rings. The van der Waals surface area contributed by atoms with Gasteiger partial charge in [-0.1, -0.05) is 36.7 Å². The summed E-state index contributed by atoms with van der Waals surface area (Å²) in [7, 11) is 1.59. The predicted molar refractivity (Wildman–Crippen MR) is 136 cm³/mol. The van der Waals surface area contributed by atoms with Crippen LogP contribution in [0.4, 0.5) is 5.69 Å². The van der Waals surface area contributed by atoms with Crippen molar-refractivity contribution in [1.29, 1.82) is 0 Å². The smallest absolute Gasteiger partial charge is 0.276 e. The van der Waals surface area contributed by atoms with Crippen molar-refractivity contribution in [2.75, 3.05) is 19.0 Å². The molecule has 1 aliphatic heterocycles. The predicted octanol–water partition coefficient (Wildman–Crippen LogP) is 3.74. The number of rotatable bonds is 8. The van der Waals surface area contributed by atoms with Crippen LogP contribution >= 0.6 is 11.6 Å². The molecule has 0 aliphatic carbocycles. The first-order chi connectivity index (χ1) is 17.3. The maximum absolute atomic E-state index is 13.6. The molecular formula is C26H28ClN5O4. The van der Waals surface area contributed by atoms with Crippen LogP contribution < -0.4 is 15.4 Å². The van der Waals surface area contributed by atoms with Crippen molar-refractivity contribution in [2.24, 2.45) is 0 Å². The molecule has 0 unspecified atom stereocenters. The van der Waals surface area contributed by atoms with Crippen molar-refractivity contribution in [1.82, 2.24) is 19.8 Å². The molecule has 36 heavy (non-hydrogen) atoms. The topological polar surface area (TPSA) is 106 Å². The van der Waals surface area contributed by atoms with Gasteiger partial charge in [0.2, 0.25) is 5.91 Å². The van der Waals surface area contributed by atoms with Crippen LogP contribution in [0.5, 0.6) is 5.75 Å². The van der Waals surface area contributed by atoms with E-state index < -0.39 is 17.4 Å². The van der Waals surface area contributed by atoms with E-state index in [1.54, 1.807) is 42.9 Å². The summed E-state index contributed by atoms with van der Waals surface area (Å²) in [6.45, 7) is 4.49. The summed E-state index contributed by atoms with van der Waals surface area (Å²) in [6, 6.07) is 14.1. The average molecular weight is 510 g/mol. The van der Waals surface area contributed by atoms with E-state index in [2.05, 4.69) is 15.6 Å². The lowest BCUT2D eigenvalue weighted by Gasteiger charge is -2.43. The van der Waals surface area contributed by atoms with Crippen LogP contribution in [0, 0.1) is 0 Å². The van der Waals surface area contributed by atoms with Gasteiger partial charge in [0.05, 0.1) is 20.0 Å². The van der Waals surface area contributed by atoms with E-state index in [1.165, 1.54) is 11.2 Å². The Hall–Kier alpha value is -3.85. The van der Waals surface area contributed by atoms with Gasteiger partial charge < -0.3 is 24.8 Å². The van der Waals surface area contributed by atoms with Crippen LogP contribution in [-0.2, 0) is 17.9 Å². The summed E-state index contributed by atoms with van der Waals surface area (Å²) in [4.78, 5) is 45.8. The number of nitrogens with one attached hydrogen (secondary N) is 2. The second-order valence-electron chi connectivity index (χ2n) is 8.80. The molecule has 9 nitrogen and oxygen atoms in total. The Morgan fingerprint density at radius 3 is 2.61 bits per heavy atom. The fourth-order valence-corrected chi connectivity index (χ4v) is 4.49. The van der Waals surface area contributed by atoms with Crippen molar-refractivity contribution in [2.45, 2.75) is 38.9 Å². The van der Waals surface area contributed by atoms with E-state index in [0.717, 1.165) is 11.3 Å². The zero-order valence-corrected chi connectivity index (χ0v) is 21.1. The Bertz CT molecular complexity index is 1290. The Morgan fingerprint density at radius 2 is 1.94 bits per heavy atom. The van der Waals surface area contributed by atoms with Gasteiger partial charge in [0.15, 0.2) is 5.69 Å². The van der Waals surface area contributed by atoms with Crippen molar-refractivity contribution >= 4 is 35.0 Å². The molecule has 1 atom stereocenters. The van der Waals surface area contributed by atoms with E-state index in [4.69, 9.17) is 16.3 Å². The molecule has 2 N–H and O–H groups in total. The van der Waals surface area contributed by atoms with Crippen LogP contribution in [0.2, 0.25) is 5.02 Å². The number of ether oxygens (including phenoxy) is 1. The van der Waals surface area contributed by atoms with Gasteiger partial charge in [-0.15, -0.1) is 0 Å². The first-order valence-electron chi connectivity index (χ1n) is 11.6. The maximum Gasteiger partial charge on any atom is 0.276 e. The Kier molecular flexibility index (Phi) is 7.30. The van der Waals surface area contributed by atoms with Crippen molar-refractivity contribution in [3.63, 3.8) is 0 Å². The number of halogens is 1. The lowest BCUT2D eigenvalue weighted by Crippen LogP contribution is -2.64. The number of fused-ring (bicyclic) bond motifs is 1. The third-order valence-electron chi connectivity index (χ3n) is 6.21. The third-order valence-corrected chi connectivity index (χ3v) is 6.44. The van der Waals surface area contributed by atoms with Crippen LogP contribution in [0.3, 0.4) is 0 Å². The number of aromatic nitrogens is 2. The second-order valence-corrected chi connectivity index (χ2v) is 9.23. The Labute approximate surface area is 214 Å². The highest BCUT2D eigenvalue weighted by Crippen LogP contribution is 2.30. The largest absolute Gasteiger partial charge is 0.497 e. The van der Waals surface area contributed by atoms with Gasteiger partial charge in [-0.2, -0.15) is 0 Å². The number of carbonyl (C=O) groups is 3. The number of hydrogen-bond donors (Lipinski definition) is 2. The summed E-state index contributed by atoms with van der Waals surface area (Å²) in [5, 5.41) is 6.16. The molecule has 0 saturated heterocycles. The first kappa shape index (κ1) is 25.2. The lowest BCUT2D eigenvalue weighted by atomic mass is 9.93. The molecule has 10 heteroatoms. The number of anilines is 1. The first-order valence-corrected chi connectivity index (χ1v) is 12.0. The van der Waals surface area contributed by atoms with Crippen LogP contribution in [-0.4, -0.2) is 51.4 Å². The molecule has 3 amide bonds. The normalized spacial score (nSPS) is 16.9. The van der Waals surface area contributed by atoms with Gasteiger partial charge in [-0.05, 0) is 49.2 Å². The molecule has 0 fully saturated rings. The summed E-state index contributed by atoms with van der Waals surface area (Å²) in [5.74, 6) is -0.501. The molecule has 1 aromatic heterocycles. The summed E-state index contributed by atoms with van der Waals surface area (Å²) in [6.07, 6.45) is 2.07. The highest BCUT2D eigenvalue weighted by molar-refractivity contribution is 6.31. The van der Waals surface area contributed by atoms with Crippen LogP contribution in [0.15, 0.2) is 54.9 Å². The molecule has 2 heterocycles. The Morgan fingerprint density at radius 1 is 1.19 bits per heavy atom. The van der Waals surface area contributed by atoms with E-state index in [1.807, 2.05) is 31.2 Å². The van der Waals surface area contributed by atoms with Crippen LogP contribution in [0.1, 0.15) is 46.8 Å². The zero-order valence-electron chi connectivity index (χ0n) is 20.4. The zero-order chi connectivity index (χ0) is 25.9. The summed E-state index contributed by atoms with van der Waals surface area (Å²) >= 11 is 6.01. The van der Waals surface area contributed by atoms with Gasteiger partial charge in [-0.25, -0.2) is 4.98 Å². The molecule has 0 bridgehead atoms. The maximum atomic E-state index is 13.6. The van der Waals surface area contributed by atoms with E-state index in [9.17, 15) is 14.4 Å². The van der Waals surface area contributed by atoms with E-state index in [-0.39, 0.29) is 23.8 Å². The lowest BCUT2D eigenvalue weighted by molar-refractivity contribution is -0.133. The van der Waals surface area contributed by atoms with Crippen molar-refractivity contribution in [3.8, 4) is 5.75 Å². The minimum Gasteiger partial charge on any atom is -0.497 e. The third kappa shape index (κ3) is 4.92. The monoisotopic (exact) mass is 509 g/mol. The highest BCUT2D eigenvalue weighted by Gasteiger charge is 2.48. The molecule has 2 aromatic carbocycles. The fraction of sp³-hybridized carbons (Fsp3) is 0.308. The average Bonchev–Trinajstić information content (AvgIpc) is 3.29.